The number of benzene rings is 2. The second-order valence-corrected chi connectivity index (χ2v) is 6.40. The highest BCUT2D eigenvalue weighted by Gasteiger charge is 2.06. The normalized spacial score (nSPS) is 10.4. The molecule has 1 aromatic heterocycles. The van der Waals surface area contributed by atoms with E-state index in [0.29, 0.717) is 18.1 Å². The molecule has 25 heavy (non-hydrogen) atoms. The van der Waals surface area contributed by atoms with Crippen molar-refractivity contribution >= 4 is 23.5 Å². The van der Waals surface area contributed by atoms with E-state index in [1.165, 1.54) is 4.90 Å². The molecule has 0 aliphatic heterocycles. The van der Waals surface area contributed by atoms with Crippen LogP contribution in [0.5, 0.6) is 0 Å². The Hall–Kier alpha value is -2.87. The van der Waals surface area contributed by atoms with Crippen molar-refractivity contribution in [2.75, 3.05) is 17.6 Å². The van der Waals surface area contributed by atoms with Crippen LogP contribution in [0, 0.1) is 6.92 Å². The number of hydrogen-bond donors (Lipinski definition) is 2. The molecule has 0 radical (unpaired) electrons. The van der Waals surface area contributed by atoms with E-state index in [4.69, 9.17) is 0 Å². The van der Waals surface area contributed by atoms with E-state index >= 15 is 0 Å². The lowest BCUT2D eigenvalue weighted by Crippen LogP contribution is -2.30. The van der Waals surface area contributed by atoms with Crippen LogP contribution in [0.2, 0.25) is 0 Å². The summed E-state index contributed by atoms with van der Waals surface area (Å²) in [6.07, 6.45) is 0. The number of tetrazole rings is 1. The summed E-state index contributed by atoms with van der Waals surface area (Å²) < 4.78 is 1.61. The Labute approximate surface area is 149 Å². The lowest BCUT2D eigenvalue weighted by Gasteiger charge is -2.09. The van der Waals surface area contributed by atoms with Crippen LogP contribution in [0.25, 0.3) is 5.69 Å². The summed E-state index contributed by atoms with van der Waals surface area (Å²) in [4.78, 5) is 13.2. The Morgan fingerprint density at radius 1 is 1.16 bits per heavy atom. The smallest absolute Gasteiger partial charge is 0.319 e. The van der Waals surface area contributed by atoms with E-state index in [1.807, 2.05) is 49.4 Å². The number of anilines is 1. The van der Waals surface area contributed by atoms with Crippen LogP contribution in [0.3, 0.4) is 0 Å². The molecule has 2 aromatic carbocycles. The molecule has 1 heterocycles. The lowest BCUT2D eigenvalue weighted by molar-refractivity contribution is 0.252. The summed E-state index contributed by atoms with van der Waals surface area (Å²) in [7, 11) is 0. The van der Waals surface area contributed by atoms with Crippen LogP contribution < -0.4 is 10.6 Å². The van der Waals surface area contributed by atoms with Crippen LogP contribution in [-0.4, -0.2) is 38.5 Å². The van der Waals surface area contributed by atoms with Gasteiger partial charge in [-0.15, -0.1) is 16.9 Å². The van der Waals surface area contributed by atoms with Crippen molar-refractivity contribution in [2.24, 2.45) is 0 Å². The van der Waals surface area contributed by atoms with Crippen molar-refractivity contribution in [1.29, 1.82) is 0 Å². The predicted octanol–water partition coefficient (Wildman–Crippen LogP) is 2.88. The molecule has 0 spiro atoms. The molecule has 2 amide bonds. The van der Waals surface area contributed by atoms with Crippen molar-refractivity contribution in [2.45, 2.75) is 11.8 Å². The molecular formula is C17H18N6OS. The number of amides is 2. The maximum Gasteiger partial charge on any atom is 0.319 e. The van der Waals surface area contributed by atoms with Gasteiger partial charge in [-0.05, 0) is 47.7 Å². The molecule has 128 valence electrons. The summed E-state index contributed by atoms with van der Waals surface area (Å²) >= 11 is 1.70. The molecule has 0 fully saturated rings. The second kappa shape index (κ2) is 8.29. The molecule has 3 rings (SSSR count). The highest BCUT2D eigenvalue weighted by Crippen LogP contribution is 2.16. The standard InChI is InChI=1S/C17H18N6OS/c1-13-20-21-22-23(13)15-7-5-6-14(12-15)19-17(24)18-10-11-25-16-8-3-2-4-9-16/h2-9,12H,10-11H2,1H3,(H2,18,19,24). The SMILES string of the molecule is Cc1nnnn1-c1cccc(NC(=O)NCCSc2ccccc2)c1. The van der Waals surface area contributed by atoms with Crippen LogP contribution in [0.4, 0.5) is 10.5 Å². The molecule has 0 bridgehead atoms. The van der Waals surface area contributed by atoms with Crippen molar-refractivity contribution < 1.29 is 4.79 Å². The molecule has 0 atom stereocenters. The van der Waals surface area contributed by atoms with Crippen LogP contribution in [0.1, 0.15) is 5.82 Å². The molecule has 8 heteroatoms. The molecule has 0 aliphatic rings. The number of aryl methyl sites for hydroxylation is 1. The van der Waals surface area contributed by atoms with E-state index in [1.54, 1.807) is 16.4 Å². The first-order valence-corrected chi connectivity index (χ1v) is 8.79. The fraction of sp³-hybridized carbons (Fsp3) is 0.176. The van der Waals surface area contributed by atoms with Crippen LogP contribution in [-0.2, 0) is 0 Å². The monoisotopic (exact) mass is 354 g/mol. The fourth-order valence-corrected chi connectivity index (χ4v) is 3.00. The van der Waals surface area contributed by atoms with Gasteiger partial charge in [0, 0.05) is 22.9 Å². The average molecular weight is 354 g/mol. The minimum Gasteiger partial charge on any atom is -0.337 e. The summed E-state index contributed by atoms with van der Waals surface area (Å²) in [5, 5.41) is 17.1. The molecule has 0 aliphatic carbocycles. The van der Waals surface area contributed by atoms with E-state index in [0.717, 1.165) is 11.4 Å². The molecule has 0 unspecified atom stereocenters. The van der Waals surface area contributed by atoms with Crippen molar-refractivity contribution in [1.82, 2.24) is 25.5 Å². The zero-order valence-corrected chi connectivity index (χ0v) is 14.5. The van der Waals surface area contributed by atoms with Crippen molar-refractivity contribution in [3.63, 3.8) is 0 Å². The second-order valence-electron chi connectivity index (χ2n) is 5.23. The van der Waals surface area contributed by atoms with Gasteiger partial charge in [0.1, 0.15) is 0 Å². The van der Waals surface area contributed by atoms with Crippen LogP contribution >= 0.6 is 11.8 Å². The number of aromatic nitrogens is 4. The van der Waals surface area contributed by atoms with Gasteiger partial charge in [-0.25, -0.2) is 4.79 Å². The average Bonchev–Trinajstić information content (AvgIpc) is 3.06. The van der Waals surface area contributed by atoms with Gasteiger partial charge in [-0.1, -0.05) is 24.3 Å². The molecule has 7 nitrogen and oxygen atoms in total. The third-order valence-electron chi connectivity index (χ3n) is 3.37. The van der Waals surface area contributed by atoms with Gasteiger partial charge in [0.2, 0.25) is 0 Å². The quantitative estimate of drug-likeness (QED) is 0.525. The summed E-state index contributed by atoms with van der Waals surface area (Å²) in [5.74, 6) is 1.49. The lowest BCUT2D eigenvalue weighted by atomic mass is 10.3. The number of thioether (sulfide) groups is 1. The van der Waals surface area contributed by atoms with Crippen LogP contribution in [0.15, 0.2) is 59.5 Å². The number of hydrogen-bond acceptors (Lipinski definition) is 5. The van der Waals surface area contributed by atoms with E-state index in [2.05, 4.69) is 38.3 Å². The number of carbonyl (C=O) groups is 1. The number of carbonyl (C=O) groups excluding carboxylic acids is 1. The first kappa shape index (κ1) is 17.0. The van der Waals surface area contributed by atoms with E-state index < -0.39 is 0 Å². The molecule has 3 aromatic rings. The minimum absolute atomic E-state index is 0.237. The minimum atomic E-state index is -0.237. The van der Waals surface area contributed by atoms with E-state index in [9.17, 15) is 4.79 Å². The van der Waals surface area contributed by atoms with Gasteiger partial charge >= 0.3 is 6.03 Å². The maximum atomic E-state index is 12.0. The molecular weight excluding hydrogens is 336 g/mol. The summed E-state index contributed by atoms with van der Waals surface area (Å²) in [6.45, 7) is 2.40. The Bertz CT molecular complexity index is 836. The Morgan fingerprint density at radius 2 is 2.00 bits per heavy atom. The number of nitrogens with one attached hydrogen (secondary N) is 2. The zero-order chi connectivity index (χ0) is 17.5. The summed E-state index contributed by atoms with van der Waals surface area (Å²) in [5.41, 5.74) is 1.47. The Balaban J connectivity index is 1.49. The van der Waals surface area contributed by atoms with Crippen molar-refractivity contribution in [3.8, 4) is 5.69 Å². The molecule has 2 N–H and O–H groups in total. The summed E-state index contributed by atoms with van der Waals surface area (Å²) in [6, 6.07) is 17.2. The van der Waals surface area contributed by atoms with Gasteiger partial charge in [0.25, 0.3) is 0 Å². The number of rotatable bonds is 6. The highest BCUT2D eigenvalue weighted by molar-refractivity contribution is 7.99. The maximum absolute atomic E-state index is 12.0. The Kier molecular flexibility index (Phi) is 5.63. The van der Waals surface area contributed by atoms with Gasteiger partial charge in [-0.2, -0.15) is 4.68 Å². The number of nitrogens with zero attached hydrogens (tertiary/aromatic N) is 4. The third kappa shape index (κ3) is 4.80. The first-order chi connectivity index (χ1) is 12.2. The van der Waals surface area contributed by atoms with Gasteiger partial charge in [0.15, 0.2) is 5.82 Å². The van der Waals surface area contributed by atoms with Crippen molar-refractivity contribution in [3.05, 3.63) is 60.4 Å². The van der Waals surface area contributed by atoms with E-state index in [-0.39, 0.29) is 6.03 Å². The highest BCUT2D eigenvalue weighted by atomic mass is 32.2. The fourth-order valence-electron chi connectivity index (χ4n) is 2.21. The predicted molar refractivity (Wildman–Crippen MR) is 98.1 cm³/mol. The largest absolute Gasteiger partial charge is 0.337 e. The Morgan fingerprint density at radius 3 is 2.76 bits per heavy atom. The third-order valence-corrected chi connectivity index (χ3v) is 4.39. The molecule has 0 saturated heterocycles. The van der Waals surface area contributed by atoms with Gasteiger partial charge < -0.3 is 10.6 Å². The first-order valence-electron chi connectivity index (χ1n) is 7.80. The zero-order valence-electron chi connectivity index (χ0n) is 13.7. The number of urea groups is 1. The topological polar surface area (TPSA) is 84.7 Å². The van der Waals surface area contributed by atoms with Gasteiger partial charge in [0.05, 0.1) is 5.69 Å². The van der Waals surface area contributed by atoms with Gasteiger partial charge in [-0.3, -0.25) is 0 Å². The molecule has 0 saturated carbocycles.